The summed E-state index contributed by atoms with van der Waals surface area (Å²) in [7, 11) is -7.09. The Labute approximate surface area is 163 Å². The molecule has 1 N–H and O–H groups in total. The van der Waals surface area contributed by atoms with Crippen LogP contribution < -0.4 is 5.32 Å². The van der Waals surface area contributed by atoms with Crippen molar-refractivity contribution in [3.05, 3.63) is 59.7 Å². The van der Waals surface area contributed by atoms with Crippen LogP contribution in [0.25, 0.3) is 0 Å². The highest BCUT2D eigenvalue weighted by molar-refractivity contribution is 7.96. The molecule has 0 aromatic heterocycles. The van der Waals surface area contributed by atoms with Crippen molar-refractivity contribution >= 4 is 37.1 Å². The molecular weight excluding hydrogens is 402 g/mol. The zero-order chi connectivity index (χ0) is 20.5. The third kappa shape index (κ3) is 4.31. The molecule has 1 amide bonds. The van der Waals surface area contributed by atoms with Crippen molar-refractivity contribution in [3.8, 4) is 0 Å². The van der Waals surface area contributed by atoms with E-state index in [1.165, 1.54) is 31.2 Å². The van der Waals surface area contributed by atoms with Crippen LogP contribution in [0.5, 0.6) is 0 Å². The number of amides is 1. The molecule has 0 unspecified atom stereocenters. The molecule has 0 spiro atoms. The Morgan fingerprint density at radius 3 is 2.29 bits per heavy atom. The molecule has 9 heteroatoms. The normalized spacial score (nSPS) is 18.5. The summed E-state index contributed by atoms with van der Waals surface area (Å²) >= 11 is 0. The van der Waals surface area contributed by atoms with E-state index in [1.807, 2.05) is 0 Å². The van der Waals surface area contributed by atoms with Crippen LogP contribution in [0.4, 0.5) is 5.69 Å². The molecule has 1 atom stereocenters. The quantitative estimate of drug-likeness (QED) is 0.740. The number of nitrogens with one attached hydrogen (secondary N) is 1. The van der Waals surface area contributed by atoms with Gasteiger partial charge in [-0.05, 0) is 49.7 Å². The molecule has 1 fully saturated rings. The second-order valence-corrected chi connectivity index (χ2v) is 11.1. The van der Waals surface area contributed by atoms with Crippen molar-refractivity contribution < 1.29 is 26.4 Å². The largest absolute Gasteiger partial charge is 0.322 e. The fourth-order valence-electron chi connectivity index (χ4n) is 3.01. The molecule has 2 aromatic rings. The maximum absolute atomic E-state index is 12.6. The fraction of sp³-hybridized carbons (Fsp3) is 0.263. The van der Waals surface area contributed by atoms with Crippen LogP contribution in [-0.2, 0) is 19.7 Å². The average Bonchev–Trinajstić information content (AvgIpc) is 3.02. The number of sulfone groups is 2. The van der Waals surface area contributed by atoms with Gasteiger partial charge in [0.2, 0.25) is 0 Å². The van der Waals surface area contributed by atoms with Crippen molar-refractivity contribution in [2.45, 2.75) is 23.5 Å². The SMILES string of the molecule is CC(=O)c1cccc(NC(=O)c2ccc(S(=O)(=O)[C@@H]3CCS(=O)(=O)C3)cc2)c1. The summed E-state index contributed by atoms with van der Waals surface area (Å²) in [4.78, 5) is 23.8. The Kier molecular flexibility index (Phi) is 5.40. The van der Waals surface area contributed by atoms with E-state index in [4.69, 9.17) is 0 Å². The lowest BCUT2D eigenvalue weighted by atomic mass is 10.1. The molecule has 0 aliphatic carbocycles. The lowest BCUT2D eigenvalue weighted by molar-refractivity contribution is 0.101. The number of Topliss-reactive ketones (excluding diaryl/α,β-unsaturated/α-hetero) is 1. The maximum Gasteiger partial charge on any atom is 0.255 e. The van der Waals surface area contributed by atoms with Gasteiger partial charge in [-0.1, -0.05) is 12.1 Å². The van der Waals surface area contributed by atoms with Gasteiger partial charge in [-0.3, -0.25) is 9.59 Å². The first-order chi connectivity index (χ1) is 13.1. The fourth-order valence-corrected chi connectivity index (χ4v) is 7.37. The van der Waals surface area contributed by atoms with Gasteiger partial charge in [0, 0.05) is 16.8 Å². The van der Waals surface area contributed by atoms with Crippen LogP contribution in [0.2, 0.25) is 0 Å². The van der Waals surface area contributed by atoms with Gasteiger partial charge in [0.15, 0.2) is 25.5 Å². The molecule has 148 valence electrons. The number of hydrogen-bond acceptors (Lipinski definition) is 6. The number of anilines is 1. The number of benzene rings is 2. The molecule has 0 saturated carbocycles. The molecule has 1 aliphatic heterocycles. The minimum absolute atomic E-state index is 0.00951. The van der Waals surface area contributed by atoms with E-state index >= 15 is 0 Å². The van der Waals surface area contributed by atoms with Crippen LogP contribution >= 0.6 is 0 Å². The molecule has 1 heterocycles. The summed E-state index contributed by atoms with van der Waals surface area (Å²) in [5, 5.41) is 1.71. The van der Waals surface area contributed by atoms with Crippen molar-refractivity contribution in [2.75, 3.05) is 16.8 Å². The standard InChI is InChI=1S/C19H19NO6S2/c1-13(21)15-3-2-4-16(11-15)20-19(22)14-5-7-17(8-6-14)28(25,26)18-9-10-27(23,24)12-18/h2-8,11,18H,9-10,12H2,1H3,(H,20,22)/t18-/m1/s1. The highest BCUT2D eigenvalue weighted by Gasteiger charge is 2.37. The van der Waals surface area contributed by atoms with E-state index < -0.39 is 30.8 Å². The van der Waals surface area contributed by atoms with E-state index in [9.17, 15) is 26.4 Å². The van der Waals surface area contributed by atoms with Gasteiger partial charge in [-0.15, -0.1) is 0 Å². The third-order valence-electron chi connectivity index (χ3n) is 4.60. The second kappa shape index (κ2) is 7.48. The zero-order valence-corrected chi connectivity index (χ0v) is 16.7. The van der Waals surface area contributed by atoms with Crippen molar-refractivity contribution in [1.29, 1.82) is 0 Å². The summed E-state index contributed by atoms with van der Waals surface area (Å²) in [6.45, 7) is 1.43. The number of ketones is 1. The molecule has 0 radical (unpaired) electrons. The molecule has 1 saturated heterocycles. The highest BCUT2D eigenvalue weighted by Crippen LogP contribution is 2.25. The predicted octanol–water partition coefficient (Wildman–Crippen LogP) is 2.10. The Morgan fingerprint density at radius 2 is 1.71 bits per heavy atom. The minimum atomic E-state index is -3.77. The number of carbonyl (C=O) groups excluding carboxylic acids is 2. The smallest absolute Gasteiger partial charge is 0.255 e. The topological polar surface area (TPSA) is 114 Å². The van der Waals surface area contributed by atoms with Gasteiger partial charge in [-0.25, -0.2) is 16.8 Å². The van der Waals surface area contributed by atoms with E-state index in [0.29, 0.717) is 11.3 Å². The van der Waals surface area contributed by atoms with E-state index in [0.717, 1.165) is 0 Å². The van der Waals surface area contributed by atoms with Crippen molar-refractivity contribution in [1.82, 2.24) is 0 Å². The maximum atomic E-state index is 12.6. The van der Waals surface area contributed by atoms with Crippen LogP contribution in [-0.4, -0.2) is 45.3 Å². The van der Waals surface area contributed by atoms with Gasteiger partial charge in [-0.2, -0.15) is 0 Å². The Morgan fingerprint density at radius 1 is 1.04 bits per heavy atom. The summed E-state index contributed by atoms with van der Waals surface area (Å²) in [6.07, 6.45) is 0.0827. The van der Waals surface area contributed by atoms with Gasteiger partial charge in [0.25, 0.3) is 5.91 Å². The van der Waals surface area contributed by atoms with E-state index in [-0.39, 0.29) is 34.2 Å². The van der Waals surface area contributed by atoms with Gasteiger partial charge < -0.3 is 5.32 Å². The van der Waals surface area contributed by atoms with Crippen molar-refractivity contribution in [3.63, 3.8) is 0 Å². The second-order valence-electron chi connectivity index (χ2n) is 6.69. The molecule has 1 aliphatic rings. The Hall–Kier alpha value is -2.52. The van der Waals surface area contributed by atoms with E-state index in [1.54, 1.807) is 24.3 Å². The van der Waals surface area contributed by atoms with Crippen LogP contribution in [0.1, 0.15) is 34.1 Å². The molecule has 28 heavy (non-hydrogen) atoms. The number of rotatable bonds is 5. The summed E-state index contributed by atoms with van der Waals surface area (Å²) in [5.74, 6) is -1.08. The molecule has 0 bridgehead atoms. The van der Waals surface area contributed by atoms with Crippen molar-refractivity contribution in [2.24, 2.45) is 0 Å². The summed E-state index contributed by atoms with van der Waals surface area (Å²) in [5.41, 5.74) is 1.16. The van der Waals surface area contributed by atoms with E-state index in [2.05, 4.69) is 5.32 Å². The van der Waals surface area contributed by atoms with Crippen LogP contribution in [0.3, 0.4) is 0 Å². The van der Waals surface area contributed by atoms with Gasteiger partial charge >= 0.3 is 0 Å². The third-order valence-corrected chi connectivity index (χ3v) is 8.79. The zero-order valence-electron chi connectivity index (χ0n) is 15.1. The first kappa shape index (κ1) is 20.2. The average molecular weight is 421 g/mol. The Balaban J connectivity index is 1.76. The first-order valence-electron chi connectivity index (χ1n) is 8.55. The summed E-state index contributed by atoms with van der Waals surface area (Å²) < 4.78 is 48.3. The number of hydrogen-bond donors (Lipinski definition) is 1. The first-order valence-corrected chi connectivity index (χ1v) is 11.9. The van der Waals surface area contributed by atoms with Gasteiger partial charge in [0.1, 0.15) is 0 Å². The number of carbonyl (C=O) groups is 2. The Bertz CT molecular complexity index is 1140. The monoisotopic (exact) mass is 421 g/mol. The van der Waals surface area contributed by atoms with Crippen LogP contribution in [0, 0.1) is 0 Å². The molecule has 7 nitrogen and oxygen atoms in total. The van der Waals surface area contributed by atoms with Gasteiger partial charge in [0.05, 0.1) is 21.7 Å². The summed E-state index contributed by atoms with van der Waals surface area (Å²) in [6, 6.07) is 11.9. The molecular formula is C19H19NO6S2. The minimum Gasteiger partial charge on any atom is -0.322 e. The molecule has 2 aromatic carbocycles. The molecule has 3 rings (SSSR count). The lowest BCUT2D eigenvalue weighted by Gasteiger charge is -2.11. The predicted molar refractivity (Wildman–Crippen MR) is 105 cm³/mol. The lowest BCUT2D eigenvalue weighted by Crippen LogP contribution is -2.22. The van der Waals surface area contributed by atoms with Crippen LogP contribution in [0.15, 0.2) is 53.4 Å². The highest BCUT2D eigenvalue weighted by atomic mass is 32.2.